The topological polar surface area (TPSA) is 96.4 Å². The van der Waals surface area contributed by atoms with Crippen LogP contribution in [0.2, 0.25) is 0 Å². The van der Waals surface area contributed by atoms with Crippen molar-refractivity contribution in [3.05, 3.63) is 46.2 Å². The molecule has 0 saturated carbocycles. The summed E-state index contributed by atoms with van der Waals surface area (Å²) in [5, 5.41) is 10.3. The van der Waals surface area contributed by atoms with Crippen LogP contribution in [-0.2, 0) is 30.4 Å². The molecule has 10 heteroatoms. The molecule has 5 atom stereocenters. The van der Waals surface area contributed by atoms with Crippen molar-refractivity contribution in [2.75, 3.05) is 13.1 Å². The average molecular weight is 493 g/mol. The predicted octanol–water partition coefficient (Wildman–Crippen LogP) is 2.26. The largest absolute Gasteiger partial charge is 0.426 e. The van der Waals surface area contributed by atoms with Gasteiger partial charge in [0.05, 0.1) is 18.1 Å². The molecule has 1 amide bonds. The second-order valence-corrected chi connectivity index (χ2v) is 10.5. The van der Waals surface area contributed by atoms with E-state index >= 15 is 0 Å². The third kappa shape index (κ3) is 4.71. The standard InChI is InChI=1S/C24H29FN2O6S/c1-12-20-19(13(2)28)23(30)27(20)21(24(31)33-15(4)32-14(3)29)22(12)34-18-10-26(11-18)9-16-5-7-17(25)8-6-16/h5-8,12-13,15,18-20,28H,9-11H2,1-4H3/t12-,13-,15?,19-,20-/m1/s1. The lowest BCUT2D eigenvalue weighted by atomic mass is 9.79. The fourth-order valence-corrected chi connectivity index (χ4v) is 6.46. The third-order valence-corrected chi connectivity index (χ3v) is 7.89. The molecule has 0 aliphatic carbocycles. The van der Waals surface area contributed by atoms with Crippen LogP contribution in [0.15, 0.2) is 34.9 Å². The molecule has 34 heavy (non-hydrogen) atoms. The second-order valence-electron chi connectivity index (χ2n) is 9.11. The highest BCUT2D eigenvalue weighted by Gasteiger charge is 2.60. The van der Waals surface area contributed by atoms with Gasteiger partial charge in [0.15, 0.2) is 0 Å². The highest BCUT2D eigenvalue weighted by Crippen LogP contribution is 2.52. The van der Waals surface area contributed by atoms with Gasteiger partial charge in [-0.05, 0) is 24.6 Å². The zero-order valence-corrected chi connectivity index (χ0v) is 20.4. The summed E-state index contributed by atoms with van der Waals surface area (Å²) in [6.45, 7) is 8.46. The number of aliphatic hydroxyl groups excluding tert-OH is 1. The predicted molar refractivity (Wildman–Crippen MR) is 122 cm³/mol. The van der Waals surface area contributed by atoms with Gasteiger partial charge in [-0.15, -0.1) is 11.8 Å². The minimum Gasteiger partial charge on any atom is -0.426 e. The summed E-state index contributed by atoms with van der Waals surface area (Å²) >= 11 is 1.55. The molecule has 2 fully saturated rings. The summed E-state index contributed by atoms with van der Waals surface area (Å²) < 4.78 is 23.4. The van der Waals surface area contributed by atoms with E-state index < -0.39 is 30.3 Å². The van der Waals surface area contributed by atoms with E-state index in [0.29, 0.717) is 6.54 Å². The number of ether oxygens (including phenoxy) is 2. The first-order valence-corrected chi connectivity index (χ1v) is 12.2. The first-order valence-electron chi connectivity index (χ1n) is 11.3. The summed E-state index contributed by atoms with van der Waals surface area (Å²) in [5.41, 5.74) is 1.21. The average Bonchev–Trinajstić information content (AvgIpc) is 2.95. The van der Waals surface area contributed by atoms with Crippen molar-refractivity contribution in [1.29, 1.82) is 0 Å². The number of hydrogen-bond acceptors (Lipinski definition) is 8. The quantitative estimate of drug-likeness (QED) is 0.335. The van der Waals surface area contributed by atoms with Crippen molar-refractivity contribution >= 4 is 29.6 Å². The van der Waals surface area contributed by atoms with Crippen LogP contribution in [0.25, 0.3) is 0 Å². The van der Waals surface area contributed by atoms with E-state index in [1.54, 1.807) is 30.8 Å². The van der Waals surface area contributed by atoms with Gasteiger partial charge >= 0.3 is 11.9 Å². The van der Waals surface area contributed by atoms with E-state index in [1.807, 2.05) is 6.92 Å². The highest BCUT2D eigenvalue weighted by molar-refractivity contribution is 8.03. The maximum atomic E-state index is 13.1. The lowest BCUT2D eigenvalue weighted by Gasteiger charge is -2.46. The first kappa shape index (κ1) is 24.7. The van der Waals surface area contributed by atoms with Crippen LogP contribution in [0.3, 0.4) is 0 Å². The van der Waals surface area contributed by atoms with Gasteiger partial charge in [0.25, 0.3) is 0 Å². The Morgan fingerprint density at radius 1 is 1.21 bits per heavy atom. The highest BCUT2D eigenvalue weighted by atomic mass is 32.2. The summed E-state index contributed by atoms with van der Waals surface area (Å²) in [7, 11) is 0. The molecule has 0 bridgehead atoms. The Morgan fingerprint density at radius 3 is 2.44 bits per heavy atom. The third-order valence-electron chi connectivity index (χ3n) is 6.44. The maximum Gasteiger partial charge on any atom is 0.358 e. The minimum absolute atomic E-state index is 0.139. The van der Waals surface area contributed by atoms with Crippen LogP contribution in [-0.4, -0.2) is 69.5 Å². The number of carbonyl (C=O) groups is 3. The Hall–Kier alpha value is -2.43. The van der Waals surface area contributed by atoms with E-state index in [0.717, 1.165) is 23.6 Å². The number of fused-ring (bicyclic) bond motifs is 1. The molecule has 1 N–H and O–H groups in total. The number of amides is 1. The molecule has 4 rings (SSSR count). The van der Waals surface area contributed by atoms with Gasteiger partial charge in [-0.25, -0.2) is 9.18 Å². The number of carbonyl (C=O) groups excluding carboxylic acids is 3. The number of thioether (sulfide) groups is 1. The van der Waals surface area contributed by atoms with Crippen molar-refractivity contribution in [2.24, 2.45) is 11.8 Å². The summed E-state index contributed by atoms with van der Waals surface area (Å²) in [4.78, 5) is 41.5. The van der Waals surface area contributed by atoms with E-state index in [9.17, 15) is 23.9 Å². The Morgan fingerprint density at radius 2 is 1.85 bits per heavy atom. The number of nitrogens with zero attached hydrogens (tertiary/aromatic N) is 2. The van der Waals surface area contributed by atoms with Gasteiger partial charge in [0.1, 0.15) is 11.5 Å². The van der Waals surface area contributed by atoms with Gasteiger partial charge in [0, 0.05) is 49.6 Å². The summed E-state index contributed by atoms with van der Waals surface area (Å²) in [5.74, 6) is -2.57. The van der Waals surface area contributed by atoms with Gasteiger partial charge in [0.2, 0.25) is 12.2 Å². The zero-order valence-electron chi connectivity index (χ0n) is 19.6. The van der Waals surface area contributed by atoms with Gasteiger partial charge in [-0.1, -0.05) is 19.1 Å². The zero-order chi connectivity index (χ0) is 24.7. The molecule has 1 aromatic carbocycles. The monoisotopic (exact) mass is 492 g/mol. The summed E-state index contributed by atoms with van der Waals surface area (Å²) in [6, 6.07) is 6.12. The van der Waals surface area contributed by atoms with Crippen molar-refractivity contribution in [3.63, 3.8) is 0 Å². The molecule has 3 heterocycles. The molecule has 0 spiro atoms. The molecular weight excluding hydrogens is 463 g/mol. The summed E-state index contributed by atoms with van der Waals surface area (Å²) in [6.07, 6.45) is -1.91. The number of aliphatic hydroxyl groups is 1. The SMILES string of the molecule is CC(=O)OC(C)OC(=O)C1=C(SC2CN(Cc3ccc(F)cc3)C2)[C@H](C)[C@@H]2[C@@H]([C@@H](C)O)C(=O)N12. The molecule has 1 aromatic rings. The molecule has 1 unspecified atom stereocenters. The number of β-lactam (4-membered cyclic amide) rings is 1. The van der Waals surface area contributed by atoms with Crippen molar-refractivity contribution in [3.8, 4) is 0 Å². The minimum atomic E-state index is -1.09. The number of likely N-dealkylation sites (tertiary alicyclic amines) is 1. The van der Waals surface area contributed by atoms with Crippen LogP contribution in [0.4, 0.5) is 4.39 Å². The molecule has 184 valence electrons. The van der Waals surface area contributed by atoms with Gasteiger partial charge < -0.3 is 19.5 Å². The lowest BCUT2D eigenvalue weighted by Crippen LogP contribution is -2.63. The Labute approximate surface area is 202 Å². The Balaban J connectivity index is 1.47. The molecule has 0 radical (unpaired) electrons. The van der Waals surface area contributed by atoms with Crippen molar-refractivity contribution in [1.82, 2.24) is 9.80 Å². The fourth-order valence-electron chi connectivity index (χ4n) is 4.89. The number of halogens is 1. The number of rotatable bonds is 8. The van der Waals surface area contributed by atoms with E-state index in [1.165, 1.54) is 30.9 Å². The van der Waals surface area contributed by atoms with Crippen molar-refractivity contribution < 1.29 is 33.4 Å². The van der Waals surface area contributed by atoms with Crippen LogP contribution < -0.4 is 0 Å². The van der Waals surface area contributed by atoms with Crippen LogP contribution in [0.1, 0.15) is 33.3 Å². The van der Waals surface area contributed by atoms with Crippen LogP contribution in [0.5, 0.6) is 0 Å². The molecule has 3 aliphatic heterocycles. The second kappa shape index (κ2) is 9.67. The Kier molecular flexibility index (Phi) is 7.02. The van der Waals surface area contributed by atoms with E-state index in [4.69, 9.17) is 9.47 Å². The van der Waals surface area contributed by atoms with Crippen molar-refractivity contribution in [2.45, 2.75) is 57.9 Å². The normalized spacial score (nSPS) is 26.5. The molecular formula is C24H29FN2O6S. The Bertz CT molecular complexity index is 1010. The number of benzene rings is 1. The molecule has 2 saturated heterocycles. The van der Waals surface area contributed by atoms with Crippen LogP contribution >= 0.6 is 11.8 Å². The maximum absolute atomic E-state index is 13.1. The lowest BCUT2D eigenvalue weighted by molar-refractivity contribution is -0.184. The van der Waals surface area contributed by atoms with E-state index in [-0.39, 0.29) is 34.6 Å². The van der Waals surface area contributed by atoms with Crippen LogP contribution in [0, 0.1) is 17.7 Å². The van der Waals surface area contributed by atoms with Gasteiger partial charge in [-0.2, -0.15) is 0 Å². The number of hydrogen-bond donors (Lipinski definition) is 1. The van der Waals surface area contributed by atoms with Gasteiger partial charge in [-0.3, -0.25) is 14.5 Å². The van der Waals surface area contributed by atoms with E-state index in [2.05, 4.69) is 4.90 Å². The molecule has 0 aromatic heterocycles. The smallest absolute Gasteiger partial charge is 0.358 e. The number of esters is 2. The molecule has 3 aliphatic rings. The first-order chi connectivity index (χ1) is 16.1. The fraction of sp³-hybridized carbons (Fsp3) is 0.542. The molecule has 8 nitrogen and oxygen atoms in total.